The number of methoxy groups -OCH3 is 1. The number of nitrogens with one attached hydrogen (secondary N) is 2. The zero-order chi connectivity index (χ0) is 24.3. The molecule has 34 heavy (non-hydrogen) atoms. The number of fused-ring (bicyclic) bond motifs is 1. The lowest BCUT2D eigenvalue weighted by molar-refractivity contribution is -0.142. The largest absolute Gasteiger partial charge is 0.497 e. The van der Waals surface area contributed by atoms with Gasteiger partial charge in [-0.3, -0.25) is 9.59 Å². The average molecular weight is 462 g/mol. The van der Waals surface area contributed by atoms with Crippen molar-refractivity contribution in [1.82, 2.24) is 15.2 Å². The first kappa shape index (κ1) is 23.9. The number of piperidine rings is 1. The summed E-state index contributed by atoms with van der Waals surface area (Å²) in [6, 6.07) is 16.2. The lowest BCUT2D eigenvalue weighted by Gasteiger charge is -2.36. The first-order valence-corrected chi connectivity index (χ1v) is 12.0. The van der Waals surface area contributed by atoms with Gasteiger partial charge in [-0.05, 0) is 42.2 Å². The van der Waals surface area contributed by atoms with Crippen LogP contribution in [0.3, 0.4) is 0 Å². The van der Waals surface area contributed by atoms with Crippen molar-refractivity contribution in [3.05, 3.63) is 65.9 Å². The van der Waals surface area contributed by atoms with Crippen molar-refractivity contribution in [2.75, 3.05) is 26.7 Å². The molecular formula is C28H35N3O3. The monoisotopic (exact) mass is 461 g/mol. The predicted molar refractivity (Wildman–Crippen MR) is 135 cm³/mol. The number of rotatable bonds is 6. The molecule has 2 heterocycles. The molecule has 0 bridgehead atoms. The fourth-order valence-electron chi connectivity index (χ4n) is 4.82. The van der Waals surface area contributed by atoms with Crippen molar-refractivity contribution in [3.63, 3.8) is 0 Å². The van der Waals surface area contributed by atoms with Crippen LogP contribution in [0.1, 0.15) is 50.7 Å². The molecule has 1 aliphatic rings. The molecule has 6 heteroatoms. The van der Waals surface area contributed by atoms with Gasteiger partial charge in [0.05, 0.1) is 13.0 Å². The lowest BCUT2D eigenvalue weighted by atomic mass is 9.89. The van der Waals surface area contributed by atoms with Crippen molar-refractivity contribution in [1.29, 1.82) is 0 Å². The Morgan fingerprint density at radius 2 is 1.88 bits per heavy atom. The zero-order valence-electron chi connectivity index (χ0n) is 20.6. The second kappa shape index (κ2) is 9.92. The number of nitrogens with zero attached hydrogens (tertiary/aromatic N) is 1. The molecule has 180 valence electrons. The first-order valence-electron chi connectivity index (χ1n) is 12.0. The number of amides is 2. The SMILES string of the molecule is COc1ccc(C(CNC(=O)C2CCCN(C(=O)C(C)(C)C)C2)c2c[nH]c3ccccc23)cc1. The Morgan fingerprint density at radius 1 is 1.15 bits per heavy atom. The molecule has 2 unspecified atom stereocenters. The smallest absolute Gasteiger partial charge is 0.227 e. The molecule has 2 amide bonds. The van der Waals surface area contributed by atoms with E-state index < -0.39 is 5.41 Å². The highest BCUT2D eigenvalue weighted by Gasteiger charge is 2.33. The van der Waals surface area contributed by atoms with E-state index in [-0.39, 0.29) is 23.7 Å². The number of H-pyrrole nitrogens is 1. The highest BCUT2D eigenvalue weighted by molar-refractivity contribution is 5.85. The van der Waals surface area contributed by atoms with Gasteiger partial charge in [0.2, 0.25) is 11.8 Å². The number of ether oxygens (including phenoxy) is 1. The molecule has 2 aromatic carbocycles. The van der Waals surface area contributed by atoms with Gasteiger partial charge in [-0.1, -0.05) is 51.1 Å². The minimum atomic E-state index is -0.437. The van der Waals surface area contributed by atoms with Crippen molar-refractivity contribution in [2.45, 2.75) is 39.5 Å². The second-order valence-electron chi connectivity index (χ2n) is 10.2. The molecule has 1 saturated heterocycles. The molecule has 0 saturated carbocycles. The molecule has 2 atom stereocenters. The van der Waals surface area contributed by atoms with Crippen LogP contribution in [0.2, 0.25) is 0 Å². The van der Waals surface area contributed by atoms with Gasteiger partial charge in [-0.15, -0.1) is 0 Å². The van der Waals surface area contributed by atoms with E-state index in [2.05, 4.69) is 34.6 Å². The number of carbonyl (C=O) groups is 2. The molecule has 3 aromatic rings. The summed E-state index contributed by atoms with van der Waals surface area (Å²) >= 11 is 0. The summed E-state index contributed by atoms with van der Waals surface area (Å²) in [4.78, 5) is 31.2. The molecule has 1 aromatic heterocycles. The number of benzene rings is 2. The minimum absolute atomic E-state index is 0.0121. The van der Waals surface area contributed by atoms with Crippen molar-refractivity contribution >= 4 is 22.7 Å². The van der Waals surface area contributed by atoms with Crippen LogP contribution in [0, 0.1) is 11.3 Å². The van der Waals surface area contributed by atoms with Gasteiger partial charge >= 0.3 is 0 Å². The van der Waals surface area contributed by atoms with E-state index >= 15 is 0 Å². The molecule has 6 nitrogen and oxygen atoms in total. The summed E-state index contributed by atoms with van der Waals surface area (Å²) in [5.74, 6) is 0.738. The Balaban J connectivity index is 1.52. The van der Waals surface area contributed by atoms with E-state index in [9.17, 15) is 9.59 Å². The molecule has 2 N–H and O–H groups in total. The Bertz CT molecular complexity index is 1140. The standard InChI is InChI=1S/C28H35N3O3/c1-28(2,3)27(33)31-15-7-8-20(18-31)26(32)30-16-23(19-11-13-21(34-4)14-12-19)24-17-29-25-10-6-5-9-22(24)25/h5-6,9-14,17,20,23,29H,7-8,15-16,18H2,1-4H3,(H,30,32). The third-order valence-electron chi connectivity index (χ3n) is 6.72. The van der Waals surface area contributed by atoms with Gasteiger partial charge in [0.1, 0.15) is 5.75 Å². The first-order chi connectivity index (χ1) is 16.3. The third-order valence-corrected chi connectivity index (χ3v) is 6.72. The highest BCUT2D eigenvalue weighted by atomic mass is 16.5. The quantitative estimate of drug-likeness (QED) is 0.558. The average Bonchev–Trinajstić information content (AvgIpc) is 3.27. The van der Waals surface area contributed by atoms with Gasteiger partial charge in [-0.2, -0.15) is 0 Å². The number of para-hydroxylation sites is 1. The van der Waals surface area contributed by atoms with E-state index in [1.165, 1.54) is 0 Å². The van der Waals surface area contributed by atoms with Gasteiger partial charge < -0.3 is 19.9 Å². The Hall–Kier alpha value is -3.28. The van der Waals surface area contributed by atoms with Crippen LogP contribution in [0.15, 0.2) is 54.7 Å². The summed E-state index contributed by atoms with van der Waals surface area (Å²) in [6.45, 7) is 7.49. The van der Waals surface area contributed by atoms with Gasteiger partial charge in [0.25, 0.3) is 0 Å². The zero-order valence-corrected chi connectivity index (χ0v) is 20.6. The molecule has 0 radical (unpaired) electrons. The van der Waals surface area contributed by atoms with Crippen LogP contribution in [-0.4, -0.2) is 48.4 Å². The topological polar surface area (TPSA) is 74.4 Å². The maximum Gasteiger partial charge on any atom is 0.227 e. The third kappa shape index (κ3) is 5.11. The maximum absolute atomic E-state index is 13.2. The normalized spacial score (nSPS) is 17.4. The van der Waals surface area contributed by atoms with E-state index in [0.29, 0.717) is 13.1 Å². The molecule has 4 rings (SSSR count). The van der Waals surface area contributed by atoms with Gasteiger partial charge in [0, 0.05) is 48.1 Å². The molecular weight excluding hydrogens is 426 g/mol. The van der Waals surface area contributed by atoms with Crippen molar-refractivity contribution in [3.8, 4) is 5.75 Å². The predicted octanol–water partition coefficient (Wildman–Crippen LogP) is 4.71. The van der Waals surface area contributed by atoms with Crippen molar-refractivity contribution < 1.29 is 14.3 Å². The number of aromatic nitrogens is 1. The Morgan fingerprint density at radius 3 is 2.59 bits per heavy atom. The summed E-state index contributed by atoms with van der Waals surface area (Å²) in [5, 5.41) is 4.36. The number of hydrogen-bond acceptors (Lipinski definition) is 3. The minimum Gasteiger partial charge on any atom is -0.497 e. The number of hydrogen-bond donors (Lipinski definition) is 2. The molecule has 0 aliphatic carbocycles. The fraction of sp³-hybridized carbons (Fsp3) is 0.429. The molecule has 1 aliphatic heterocycles. The van der Waals surface area contributed by atoms with Gasteiger partial charge in [-0.25, -0.2) is 0 Å². The Labute approximate surface area is 201 Å². The van der Waals surface area contributed by atoms with Crippen LogP contribution < -0.4 is 10.1 Å². The van der Waals surface area contributed by atoms with E-state index in [4.69, 9.17) is 4.74 Å². The lowest BCUT2D eigenvalue weighted by Crippen LogP contribution is -2.49. The van der Waals surface area contributed by atoms with E-state index in [0.717, 1.165) is 47.2 Å². The second-order valence-corrected chi connectivity index (χ2v) is 10.2. The number of aromatic amines is 1. The van der Waals surface area contributed by atoms with Crippen LogP contribution in [0.4, 0.5) is 0 Å². The van der Waals surface area contributed by atoms with Crippen LogP contribution >= 0.6 is 0 Å². The van der Waals surface area contributed by atoms with Crippen molar-refractivity contribution in [2.24, 2.45) is 11.3 Å². The van der Waals surface area contributed by atoms with Crippen LogP contribution in [-0.2, 0) is 9.59 Å². The van der Waals surface area contributed by atoms with E-state index in [1.54, 1.807) is 7.11 Å². The molecule has 0 spiro atoms. The highest BCUT2D eigenvalue weighted by Crippen LogP contribution is 2.32. The number of likely N-dealkylation sites (tertiary alicyclic amines) is 1. The summed E-state index contributed by atoms with van der Waals surface area (Å²) < 4.78 is 5.33. The number of carbonyl (C=O) groups excluding carboxylic acids is 2. The molecule has 1 fully saturated rings. The summed E-state index contributed by atoms with van der Waals surface area (Å²) in [5.41, 5.74) is 2.90. The summed E-state index contributed by atoms with van der Waals surface area (Å²) in [7, 11) is 1.66. The van der Waals surface area contributed by atoms with Crippen LogP contribution in [0.25, 0.3) is 10.9 Å². The maximum atomic E-state index is 13.2. The van der Waals surface area contributed by atoms with Crippen LogP contribution in [0.5, 0.6) is 5.75 Å². The van der Waals surface area contributed by atoms with E-state index in [1.807, 2.05) is 56.1 Å². The summed E-state index contributed by atoms with van der Waals surface area (Å²) in [6.07, 6.45) is 3.69. The van der Waals surface area contributed by atoms with Gasteiger partial charge in [0.15, 0.2) is 0 Å². The fourth-order valence-corrected chi connectivity index (χ4v) is 4.82. The Kier molecular flexibility index (Phi) is 6.96.